The van der Waals surface area contributed by atoms with Gasteiger partial charge < -0.3 is 0 Å². The summed E-state index contributed by atoms with van der Waals surface area (Å²) in [5.41, 5.74) is 0. The third kappa shape index (κ3) is 21.0. The van der Waals surface area contributed by atoms with E-state index in [0.29, 0.717) is 0 Å². The van der Waals surface area contributed by atoms with Gasteiger partial charge in [-0.25, -0.2) is 0 Å². The van der Waals surface area contributed by atoms with Crippen molar-refractivity contribution in [3.63, 3.8) is 0 Å². The van der Waals surface area contributed by atoms with Crippen LogP contribution < -0.4 is 0 Å². The van der Waals surface area contributed by atoms with E-state index in [9.17, 15) is 0 Å². The fourth-order valence-corrected chi connectivity index (χ4v) is 4.92. The van der Waals surface area contributed by atoms with Crippen LogP contribution >= 0.6 is 0 Å². The maximum atomic E-state index is 2.58. The van der Waals surface area contributed by atoms with E-state index in [0.717, 1.165) is 11.8 Å². The maximum Gasteiger partial charge on any atom is -0.0388 e. The molecule has 0 N–H and O–H groups in total. The summed E-state index contributed by atoms with van der Waals surface area (Å²) < 4.78 is 0. The highest BCUT2D eigenvalue weighted by Crippen LogP contribution is 2.29. The van der Waals surface area contributed by atoms with Gasteiger partial charge in [-0.3, -0.25) is 0 Å². The van der Waals surface area contributed by atoms with Gasteiger partial charge in [0.05, 0.1) is 0 Å². The van der Waals surface area contributed by atoms with Gasteiger partial charge >= 0.3 is 0 Å². The smallest absolute Gasteiger partial charge is 0.0388 e. The fraction of sp³-hybridized carbons (Fsp3) is 1.00. The summed E-state index contributed by atoms with van der Waals surface area (Å²) >= 11 is 0. The molecule has 0 aromatic rings. The molecule has 0 saturated heterocycles. The average Bonchev–Trinajstić information content (AvgIpc) is 2.73. The molecule has 1 atom stereocenters. The van der Waals surface area contributed by atoms with Gasteiger partial charge in [0.15, 0.2) is 0 Å². The maximum absolute atomic E-state index is 2.58. The Morgan fingerprint density at radius 2 is 0.621 bits per heavy atom. The second-order valence-corrected chi connectivity index (χ2v) is 10.1. The Balaban J connectivity index is 4.01. The van der Waals surface area contributed by atoms with Crippen LogP contribution in [-0.2, 0) is 0 Å². The van der Waals surface area contributed by atoms with Crippen LogP contribution in [0.25, 0.3) is 0 Å². The number of hydrogen-bond acceptors (Lipinski definition) is 0. The van der Waals surface area contributed by atoms with Gasteiger partial charge in [-0.05, 0) is 11.8 Å². The Morgan fingerprint density at radius 1 is 0.345 bits per heavy atom. The molecular formula is C29H60. The topological polar surface area (TPSA) is 0 Å². The SMILES string of the molecule is CCCCCCCCCC(CCCCCCCCC)C(C)CCCCCCCC. The van der Waals surface area contributed by atoms with Crippen molar-refractivity contribution in [2.24, 2.45) is 11.8 Å². The molecule has 0 rings (SSSR count). The molecule has 0 aromatic carbocycles. The monoisotopic (exact) mass is 408 g/mol. The van der Waals surface area contributed by atoms with E-state index in [2.05, 4.69) is 27.7 Å². The van der Waals surface area contributed by atoms with Crippen LogP contribution in [0, 0.1) is 11.8 Å². The third-order valence-electron chi connectivity index (χ3n) is 7.17. The molecule has 0 saturated carbocycles. The van der Waals surface area contributed by atoms with E-state index >= 15 is 0 Å². The van der Waals surface area contributed by atoms with Crippen LogP contribution in [0.5, 0.6) is 0 Å². The van der Waals surface area contributed by atoms with Crippen molar-refractivity contribution >= 4 is 0 Å². The van der Waals surface area contributed by atoms with Crippen LogP contribution in [0.2, 0.25) is 0 Å². The molecular weight excluding hydrogens is 348 g/mol. The molecule has 0 spiro atoms. The first-order valence-electron chi connectivity index (χ1n) is 14.3. The summed E-state index contributed by atoms with van der Waals surface area (Å²) in [5.74, 6) is 1.97. The zero-order valence-corrected chi connectivity index (χ0v) is 21.4. The molecule has 1 unspecified atom stereocenters. The molecule has 0 aliphatic heterocycles. The van der Waals surface area contributed by atoms with Crippen LogP contribution in [0.4, 0.5) is 0 Å². The first kappa shape index (κ1) is 29.0. The lowest BCUT2D eigenvalue weighted by Gasteiger charge is -2.24. The summed E-state index contributed by atoms with van der Waals surface area (Å²) in [6, 6.07) is 0. The minimum atomic E-state index is 0.960. The van der Waals surface area contributed by atoms with Gasteiger partial charge in [0.25, 0.3) is 0 Å². The molecule has 176 valence electrons. The second kappa shape index (κ2) is 24.3. The fourth-order valence-electron chi connectivity index (χ4n) is 4.92. The Hall–Kier alpha value is 0. The number of rotatable bonds is 24. The van der Waals surface area contributed by atoms with Gasteiger partial charge in [0, 0.05) is 0 Å². The zero-order valence-electron chi connectivity index (χ0n) is 21.4. The summed E-state index contributed by atoms with van der Waals surface area (Å²) in [5, 5.41) is 0. The van der Waals surface area contributed by atoms with Gasteiger partial charge in [0.1, 0.15) is 0 Å². The van der Waals surface area contributed by atoms with Gasteiger partial charge in [-0.2, -0.15) is 0 Å². The van der Waals surface area contributed by atoms with E-state index in [1.165, 1.54) is 148 Å². The molecule has 0 aromatic heterocycles. The Kier molecular flexibility index (Phi) is 24.3. The highest BCUT2D eigenvalue weighted by molar-refractivity contribution is 4.68. The molecule has 29 heavy (non-hydrogen) atoms. The van der Waals surface area contributed by atoms with Crippen molar-refractivity contribution in [1.82, 2.24) is 0 Å². The normalized spacial score (nSPS) is 12.7. The van der Waals surface area contributed by atoms with Crippen LogP contribution in [-0.4, -0.2) is 0 Å². The van der Waals surface area contributed by atoms with E-state index in [4.69, 9.17) is 0 Å². The Morgan fingerprint density at radius 3 is 0.966 bits per heavy atom. The van der Waals surface area contributed by atoms with Crippen molar-refractivity contribution in [1.29, 1.82) is 0 Å². The van der Waals surface area contributed by atoms with Crippen molar-refractivity contribution in [2.75, 3.05) is 0 Å². The lowest BCUT2D eigenvalue weighted by Crippen LogP contribution is -2.12. The Labute approximate surface area is 187 Å². The molecule has 0 heteroatoms. The molecule has 0 nitrogen and oxygen atoms in total. The van der Waals surface area contributed by atoms with Crippen LogP contribution in [0.1, 0.15) is 175 Å². The standard InChI is InChI=1S/C29H60/c1-5-8-11-14-17-20-23-26-29(27-24-21-18-15-12-9-6-2)28(4)25-22-19-16-13-10-7-3/h28-29H,5-27H2,1-4H3. The quantitative estimate of drug-likeness (QED) is 0.139. The van der Waals surface area contributed by atoms with E-state index in [1.807, 2.05) is 0 Å². The highest BCUT2D eigenvalue weighted by atomic mass is 14.2. The van der Waals surface area contributed by atoms with E-state index < -0.39 is 0 Å². The Bertz CT molecular complexity index is 264. The predicted molar refractivity (Wildman–Crippen MR) is 136 cm³/mol. The predicted octanol–water partition coefficient (Wildman–Crippen LogP) is 11.3. The number of unbranched alkanes of at least 4 members (excludes halogenated alkanes) is 17. The molecule has 0 heterocycles. The molecule has 0 aliphatic rings. The molecule has 0 aliphatic carbocycles. The summed E-state index contributed by atoms with van der Waals surface area (Å²) in [4.78, 5) is 0. The summed E-state index contributed by atoms with van der Waals surface area (Å²) in [6.07, 6.45) is 33.7. The van der Waals surface area contributed by atoms with Gasteiger partial charge in [-0.15, -0.1) is 0 Å². The summed E-state index contributed by atoms with van der Waals surface area (Å²) in [7, 11) is 0. The first-order valence-corrected chi connectivity index (χ1v) is 14.3. The molecule has 0 amide bonds. The molecule has 0 fully saturated rings. The van der Waals surface area contributed by atoms with Crippen LogP contribution in [0.3, 0.4) is 0 Å². The van der Waals surface area contributed by atoms with Crippen LogP contribution in [0.15, 0.2) is 0 Å². The van der Waals surface area contributed by atoms with Crippen molar-refractivity contribution in [2.45, 2.75) is 175 Å². The number of hydrogen-bond donors (Lipinski definition) is 0. The van der Waals surface area contributed by atoms with E-state index in [-0.39, 0.29) is 0 Å². The zero-order chi connectivity index (χ0) is 21.4. The van der Waals surface area contributed by atoms with Gasteiger partial charge in [-0.1, -0.05) is 175 Å². The molecule has 0 radical (unpaired) electrons. The summed E-state index contributed by atoms with van der Waals surface area (Å²) in [6.45, 7) is 9.54. The van der Waals surface area contributed by atoms with Crippen molar-refractivity contribution in [3.8, 4) is 0 Å². The van der Waals surface area contributed by atoms with E-state index in [1.54, 1.807) is 0 Å². The lowest BCUT2D eigenvalue weighted by molar-refractivity contribution is 0.274. The molecule has 0 bridgehead atoms. The minimum absolute atomic E-state index is 0.960. The lowest BCUT2D eigenvalue weighted by atomic mass is 9.81. The first-order chi connectivity index (χ1) is 14.3. The van der Waals surface area contributed by atoms with Crippen molar-refractivity contribution in [3.05, 3.63) is 0 Å². The largest absolute Gasteiger partial charge is 0.0654 e. The highest BCUT2D eigenvalue weighted by Gasteiger charge is 2.16. The minimum Gasteiger partial charge on any atom is -0.0654 e. The van der Waals surface area contributed by atoms with Gasteiger partial charge in [0.2, 0.25) is 0 Å². The second-order valence-electron chi connectivity index (χ2n) is 10.1. The average molecular weight is 409 g/mol. The van der Waals surface area contributed by atoms with Crippen molar-refractivity contribution < 1.29 is 0 Å². The third-order valence-corrected chi connectivity index (χ3v) is 7.17.